The van der Waals surface area contributed by atoms with Gasteiger partial charge in [0.1, 0.15) is 0 Å². The smallest absolute Gasteiger partial charge is 0.324 e. The summed E-state index contributed by atoms with van der Waals surface area (Å²) in [7, 11) is 0. The van der Waals surface area contributed by atoms with Crippen molar-refractivity contribution in [3.63, 3.8) is 0 Å². The van der Waals surface area contributed by atoms with Gasteiger partial charge in [0.2, 0.25) is 0 Å². The van der Waals surface area contributed by atoms with Gasteiger partial charge in [0.25, 0.3) is 0 Å². The average molecular weight is 268 g/mol. The Hall–Kier alpha value is -1.58. The highest BCUT2D eigenvalue weighted by molar-refractivity contribution is 6.00. The van der Waals surface area contributed by atoms with Crippen LogP contribution in [0.4, 0.5) is 0 Å². The fourth-order valence-electron chi connectivity index (χ4n) is 1.68. The number of carbonyl (C=O) groups excluding carboxylic acids is 2. The minimum absolute atomic E-state index is 0.242. The van der Waals surface area contributed by atoms with Crippen LogP contribution in [-0.4, -0.2) is 25.2 Å². The van der Waals surface area contributed by atoms with E-state index < -0.39 is 17.4 Å². The summed E-state index contributed by atoms with van der Waals surface area (Å²) < 4.78 is 10.1. The third-order valence-electron chi connectivity index (χ3n) is 2.74. The predicted molar refractivity (Wildman–Crippen MR) is 74.6 cm³/mol. The zero-order valence-electron chi connectivity index (χ0n) is 12.3. The van der Waals surface area contributed by atoms with Gasteiger partial charge < -0.3 is 9.47 Å². The quantitative estimate of drug-likeness (QED) is 0.386. The van der Waals surface area contributed by atoms with E-state index in [2.05, 4.69) is 0 Å². The molecule has 0 N–H and O–H groups in total. The molecule has 4 nitrogen and oxygen atoms in total. The van der Waals surface area contributed by atoms with Gasteiger partial charge in [-0.05, 0) is 40.5 Å². The Bertz CT molecular complexity index is 308. The van der Waals surface area contributed by atoms with Crippen molar-refractivity contribution in [1.82, 2.24) is 0 Å². The molecule has 0 aromatic rings. The molecular weight excluding hydrogens is 244 g/mol. The summed E-state index contributed by atoms with van der Waals surface area (Å²) in [5.74, 6) is -1.05. The molecule has 0 unspecified atom stereocenters. The Balaban J connectivity index is 5.40. The molecule has 0 aliphatic rings. The van der Waals surface area contributed by atoms with E-state index in [0.717, 1.165) is 0 Å². The molecule has 0 bridgehead atoms. The zero-order valence-corrected chi connectivity index (χ0v) is 12.3. The number of carbonyl (C=O) groups is 2. The summed E-state index contributed by atoms with van der Waals surface area (Å²) in [6.07, 6.45) is 7.76. The van der Waals surface area contributed by atoms with E-state index in [1.54, 1.807) is 26.0 Å². The second-order valence-corrected chi connectivity index (χ2v) is 4.07. The number of ether oxygens (including phenoxy) is 2. The SMILES string of the molecule is C/C=C/CC(C/C=C/C)(C(=O)OCC)C(=O)OCC. The molecule has 0 aromatic carbocycles. The van der Waals surface area contributed by atoms with Gasteiger partial charge in [-0.15, -0.1) is 0 Å². The second kappa shape index (κ2) is 9.36. The van der Waals surface area contributed by atoms with E-state index in [4.69, 9.17) is 9.47 Å². The van der Waals surface area contributed by atoms with Crippen LogP contribution in [-0.2, 0) is 19.1 Å². The molecule has 0 aromatic heterocycles. The molecule has 19 heavy (non-hydrogen) atoms. The molecule has 0 atom stereocenters. The van der Waals surface area contributed by atoms with E-state index in [-0.39, 0.29) is 26.1 Å². The summed E-state index contributed by atoms with van der Waals surface area (Å²) in [6, 6.07) is 0. The van der Waals surface area contributed by atoms with Gasteiger partial charge >= 0.3 is 11.9 Å². The summed E-state index contributed by atoms with van der Waals surface area (Å²) >= 11 is 0. The zero-order chi connectivity index (χ0) is 14.7. The Morgan fingerprint density at radius 1 is 0.895 bits per heavy atom. The first-order valence-corrected chi connectivity index (χ1v) is 6.65. The number of hydrogen-bond donors (Lipinski definition) is 0. The van der Waals surface area contributed by atoms with Gasteiger partial charge in [-0.3, -0.25) is 9.59 Å². The number of rotatable bonds is 8. The van der Waals surface area contributed by atoms with Crippen molar-refractivity contribution in [2.75, 3.05) is 13.2 Å². The fraction of sp³-hybridized carbons (Fsp3) is 0.600. The molecule has 0 spiro atoms. The van der Waals surface area contributed by atoms with Gasteiger partial charge in [0, 0.05) is 0 Å². The first kappa shape index (κ1) is 17.4. The van der Waals surface area contributed by atoms with Crippen LogP contribution >= 0.6 is 0 Å². The molecule has 4 heteroatoms. The van der Waals surface area contributed by atoms with Gasteiger partial charge in [-0.2, -0.15) is 0 Å². The van der Waals surface area contributed by atoms with Gasteiger partial charge in [-0.1, -0.05) is 24.3 Å². The van der Waals surface area contributed by atoms with E-state index >= 15 is 0 Å². The monoisotopic (exact) mass is 268 g/mol. The molecule has 0 aliphatic carbocycles. The Labute approximate surface area is 115 Å². The van der Waals surface area contributed by atoms with Gasteiger partial charge in [0.15, 0.2) is 5.41 Å². The highest BCUT2D eigenvalue weighted by Gasteiger charge is 2.46. The topological polar surface area (TPSA) is 52.6 Å². The van der Waals surface area contributed by atoms with Crippen molar-refractivity contribution in [3.8, 4) is 0 Å². The molecule has 0 aliphatic heterocycles. The summed E-state index contributed by atoms with van der Waals surface area (Å²) in [5, 5.41) is 0. The first-order valence-electron chi connectivity index (χ1n) is 6.65. The molecule has 0 amide bonds. The lowest BCUT2D eigenvalue weighted by Crippen LogP contribution is -2.41. The highest BCUT2D eigenvalue weighted by Crippen LogP contribution is 2.32. The lowest BCUT2D eigenvalue weighted by Gasteiger charge is -2.27. The van der Waals surface area contributed by atoms with Crippen LogP contribution in [0, 0.1) is 5.41 Å². The Kier molecular flexibility index (Phi) is 8.58. The van der Waals surface area contributed by atoms with Gasteiger partial charge in [-0.25, -0.2) is 0 Å². The van der Waals surface area contributed by atoms with Crippen molar-refractivity contribution in [1.29, 1.82) is 0 Å². The van der Waals surface area contributed by atoms with Gasteiger partial charge in [0.05, 0.1) is 13.2 Å². The van der Waals surface area contributed by atoms with E-state index in [1.165, 1.54) is 0 Å². The maximum atomic E-state index is 12.2. The number of hydrogen-bond acceptors (Lipinski definition) is 4. The molecule has 0 saturated heterocycles. The van der Waals surface area contributed by atoms with Crippen molar-refractivity contribution < 1.29 is 19.1 Å². The predicted octanol–water partition coefficient (Wildman–Crippen LogP) is 3.03. The molecule has 0 saturated carbocycles. The molecular formula is C15H24O4. The van der Waals surface area contributed by atoms with Crippen molar-refractivity contribution in [2.24, 2.45) is 5.41 Å². The third kappa shape index (κ3) is 4.89. The van der Waals surface area contributed by atoms with E-state index in [9.17, 15) is 9.59 Å². The summed E-state index contributed by atoms with van der Waals surface area (Å²) in [6.45, 7) is 7.61. The normalized spacial score (nSPS) is 12.0. The fourth-order valence-corrected chi connectivity index (χ4v) is 1.68. The number of allylic oxidation sites excluding steroid dienone is 4. The van der Waals surface area contributed by atoms with E-state index in [0.29, 0.717) is 0 Å². The first-order chi connectivity index (χ1) is 9.08. The minimum atomic E-state index is -1.27. The Morgan fingerprint density at radius 2 is 1.26 bits per heavy atom. The maximum Gasteiger partial charge on any atom is 0.324 e. The van der Waals surface area contributed by atoms with Crippen LogP contribution in [0.3, 0.4) is 0 Å². The molecule has 0 rings (SSSR count). The van der Waals surface area contributed by atoms with Crippen molar-refractivity contribution >= 4 is 11.9 Å². The van der Waals surface area contributed by atoms with Crippen LogP contribution in [0.15, 0.2) is 24.3 Å². The standard InChI is InChI=1S/C15H24O4/c1-5-9-11-15(12-10-6-2,13(16)18-7-3)14(17)19-8-4/h5-6,9-10H,7-8,11-12H2,1-4H3/b9-5+,10-6+. The van der Waals surface area contributed by atoms with Crippen molar-refractivity contribution in [2.45, 2.75) is 40.5 Å². The maximum absolute atomic E-state index is 12.2. The largest absolute Gasteiger partial charge is 0.465 e. The van der Waals surface area contributed by atoms with Crippen LogP contribution in [0.2, 0.25) is 0 Å². The third-order valence-corrected chi connectivity index (χ3v) is 2.74. The lowest BCUT2D eigenvalue weighted by molar-refractivity contribution is -0.171. The molecule has 0 radical (unpaired) electrons. The average Bonchev–Trinajstić information content (AvgIpc) is 2.40. The minimum Gasteiger partial charge on any atom is -0.465 e. The summed E-state index contributed by atoms with van der Waals surface area (Å²) in [4.78, 5) is 24.4. The van der Waals surface area contributed by atoms with E-state index in [1.807, 2.05) is 26.0 Å². The molecule has 0 fully saturated rings. The molecule has 108 valence electrons. The van der Waals surface area contributed by atoms with Crippen LogP contribution in [0.5, 0.6) is 0 Å². The van der Waals surface area contributed by atoms with Crippen LogP contribution in [0.1, 0.15) is 40.5 Å². The summed E-state index contributed by atoms with van der Waals surface area (Å²) in [5.41, 5.74) is -1.27. The second-order valence-electron chi connectivity index (χ2n) is 4.07. The Morgan fingerprint density at radius 3 is 1.53 bits per heavy atom. The van der Waals surface area contributed by atoms with Crippen molar-refractivity contribution in [3.05, 3.63) is 24.3 Å². The van der Waals surface area contributed by atoms with Crippen LogP contribution in [0.25, 0.3) is 0 Å². The van der Waals surface area contributed by atoms with Crippen LogP contribution < -0.4 is 0 Å². The number of esters is 2. The lowest BCUT2D eigenvalue weighted by atomic mass is 9.80. The molecule has 0 heterocycles. The highest BCUT2D eigenvalue weighted by atomic mass is 16.6.